The largest absolute Gasteiger partial charge is 0.263 e. The van der Waals surface area contributed by atoms with Gasteiger partial charge in [0.05, 0.1) is 11.9 Å². The minimum Gasteiger partial charge on any atom is -0.263 e. The number of nitrogens with one attached hydrogen (secondary N) is 1. The highest BCUT2D eigenvalue weighted by Gasteiger charge is 2.18. The number of H-pyrrole nitrogens is 1. The van der Waals surface area contributed by atoms with Gasteiger partial charge >= 0.3 is 0 Å². The molecule has 0 unspecified atom stereocenters. The van der Waals surface area contributed by atoms with Crippen molar-refractivity contribution in [2.75, 3.05) is 0 Å². The summed E-state index contributed by atoms with van der Waals surface area (Å²) in [6, 6.07) is 7.36. The molecule has 0 aliphatic heterocycles. The predicted molar refractivity (Wildman–Crippen MR) is 83.1 cm³/mol. The highest BCUT2D eigenvalue weighted by Crippen LogP contribution is 2.25. The van der Waals surface area contributed by atoms with Gasteiger partial charge in [0, 0.05) is 11.8 Å². The maximum absolute atomic E-state index is 13.9. The van der Waals surface area contributed by atoms with E-state index in [1.54, 1.807) is 19.2 Å². The first kappa shape index (κ1) is 14.4. The van der Waals surface area contributed by atoms with Gasteiger partial charge in [-0.25, -0.2) is 23.4 Å². The summed E-state index contributed by atoms with van der Waals surface area (Å²) >= 11 is 0. The topological polar surface area (TPSA) is 72.3 Å². The number of aromatic nitrogens is 6. The van der Waals surface area contributed by atoms with E-state index in [2.05, 4.69) is 25.3 Å². The first-order chi connectivity index (χ1) is 11.6. The number of pyridine rings is 1. The molecular formula is C16H12F2N6. The summed E-state index contributed by atoms with van der Waals surface area (Å²) in [4.78, 5) is 8.55. The fourth-order valence-electron chi connectivity index (χ4n) is 2.57. The highest BCUT2D eigenvalue weighted by molar-refractivity contribution is 5.89. The molecule has 0 radical (unpaired) electrons. The maximum Gasteiger partial charge on any atom is 0.202 e. The molecule has 0 saturated heterocycles. The molecule has 6 nitrogen and oxygen atoms in total. The van der Waals surface area contributed by atoms with Crippen LogP contribution in [0.3, 0.4) is 0 Å². The summed E-state index contributed by atoms with van der Waals surface area (Å²) in [6.07, 6.45) is 1.60. The van der Waals surface area contributed by atoms with Gasteiger partial charge in [-0.2, -0.15) is 10.2 Å². The average molecular weight is 326 g/mol. The number of hydrogen-bond acceptors (Lipinski definition) is 4. The van der Waals surface area contributed by atoms with Gasteiger partial charge in [0.1, 0.15) is 23.2 Å². The Labute approximate surface area is 135 Å². The maximum atomic E-state index is 13.9. The molecule has 1 N–H and O–H groups in total. The van der Waals surface area contributed by atoms with Crippen LogP contribution in [-0.2, 0) is 6.54 Å². The van der Waals surface area contributed by atoms with Gasteiger partial charge in [-0.05, 0) is 31.2 Å². The van der Waals surface area contributed by atoms with E-state index in [0.717, 1.165) is 0 Å². The predicted octanol–water partition coefficient (Wildman–Crippen LogP) is 2.85. The number of halogens is 2. The molecule has 0 spiro atoms. The molecule has 24 heavy (non-hydrogen) atoms. The number of nitrogens with zero attached hydrogens (tertiary/aromatic N) is 5. The normalized spacial score (nSPS) is 11.3. The summed E-state index contributed by atoms with van der Waals surface area (Å²) in [6.45, 7) is 1.71. The molecule has 0 aliphatic rings. The Balaban J connectivity index is 1.88. The van der Waals surface area contributed by atoms with Gasteiger partial charge in [0.2, 0.25) is 5.82 Å². The van der Waals surface area contributed by atoms with E-state index in [-0.39, 0.29) is 12.1 Å². The number of rotatable bonds is 3. The summed E-state index contributed by atoms with van der Waals surface area (Å²) in [5, 5.41) is 12.0. The minimum atomic E-state index is -0.620. The van der Waals surface area contributed by atoms with Crippen molar-refractivity contribution in [3.8, 4) is 11.5 Å². The molecule has 0 aliphatic carbocycles. The molecule has 3 aromatic heterocycles. The van der Waals surface area contributed by atoms with Gasteiger partial charge in [-0.1, -0.05) is 6.07 Å². The zero-order valence-electron chi connectivity index (χ0n) is 12.7. The average Bonchev–Trinajstić information content (AvgIpc) is 3.15. The Morgan fingerprint density at radius 1 is 1.12 bits per heavy atom. The molecule has 1 aromatic carbocycles. The van der Waals surface area contributed by atoms with E-state index in [4.69, 9.17) is 0 Å². The van der Waals surface area contributed by atoms with E-state index < -0.39 is 11.6 Å². The molecule has 8 heteroatoms. The Kier molecular flexibility index (Phi) is 3.30. The summed E-state index contributed by atoms with van der Waals surface area (Å²) in [5.41, 5.74) is 0.960. The SMILES string of the molecule is Cc1nc(-c2nn(Cc3c(F)cccc3F)c3ncccc23)n[nH]1. The Bertz CT molecular complexity index is 1020. The quantitative estimate of drug-likeness (QED) is 0.628. The third kappa shape index (κ3) is 2.32. The molecule has 4 aromatic rings. The van der Waals surface area contributed by atoms with Crippen molar-refractivity contribution >= 4 is 11.0 Å². The van der Waals surface area contributed by atoms with E-state index in [0.29, 0.717) is 28.4 Å². The second-order valence-electron chi connectivity index (χ2n) is 5.33. The fraction of sp³-hybridized carbons (Fsp3) is 0.125. The summed E-state index contributed by atoms with van der Waals surface area (Å²) in [5.74, 6) is -0.176. The van der Waals surface area contributed by atoms with Crippen molar-refractivity contribution in [1.29, 1.82) is 0 Å². The zero-order valence-corrected chi connectivity index (χ0v) is 12.7. The highest BCUT2D eigenvalue weighted by atomic mass is 19.1. The number of aryl methyl sites for hydroxylation is 1. The monoisotopic (exact) mass is 326 g/mol. The van der Waals surface area contributed by atoms with Crippen molar-refractivity contribution in [3.05, 3.63) is 59.6 Å². The molecule has 0 amide bonds. The lowest BCUT2D eigenvalue weighted by Gasteiger charge is -2.05. The summed E-state index contributed by atoms with van der Waals surface area (Å²) in [7, 11) is 0. The lowest BCUT2D eigenvalue weighted by atomic mass is 10.2. The van der Waals surface area contributed by atoms with E-state index in [1.165, 1.54) is 22.9 Å². The third-order valence-corrected chi connectivity index (χ3v) is 3.69. The molecule has 3 heterocycles. The third-order valence-electron chi connectivity index (χ3n) is 3.69. The first-order valence-electron chi connectivity index (χ1n) is 7.27. The molecule has 0 atom stereocenters. The lowest BCUT2D eigenvalue weighted by Crippen LogP contribution is -2.07. The standard InChI is InChI=1S/C16H12F2N6/c1-9-20-15(22-21-9)14-10-4-3-7-19-16(10)24(23-14)8-11-12(17)5-2-6-13(11)18/h2-7H,8H2,1H3,(H,20,21,22). The van der Waals surface area contributed by atoms with Crippen LogP contribution in [0, 0.1) is 18.6 Å². The van der Waals surface area contributed by atoms with Gasteiger partial charge in [-0.3, -0.25) is 5.10 Å². The van der Waals surface area contributed by atoms with Crippen molar-refractivity contribution in [1.82, 2.24) is 29.9 Å². The van der Waals surface area contributed by atoms with Crippen LogP contribution in [0.25, 0.3) is 22.6 Å². The van der Waals surface area contributed by atoms with Crippen LogP contribution >= 0.6 is 0 Å². The van der Waals surface area contributed by atoms with Crippen molar-refractivity contribution in [2.45, 2.75) is 13.5 Å². The van der Waals surface area contributed by atoms with Crippen molar-refractivity contribution in [2.24, 2.45) is 0 Å². The Hall–Kier alpha value is -3.16. The molecule has 120 valence electrons. The van der Waals surface area contributed by atoms with Gasteiger partial charge in [0.25, 0.3) is 0 Å². The van der Waals surface area contributed by atoms with E-state index >= 15 is 0 Å². The Morgan fingerprint density at radius 3 is 2.62 bits per heavy atom. The van der Waals surface area contributed by atoms with E-state index in [9.17, 15) is 8.78 Å². The number of aromatic amines is 1. The van der Waals surface area contributed by atoms with Crippen LogP contribution in [0.4, 0.5) is 8.78 Å². The van der Waals surface area contributed by atoms with Crippen LogP contribution in [0.1, 0.15) is 11.4 Å². The van der Waals surface area contributed by atoms with Gasteiger partial charge in [-0.15, -0.1) is 0 Å². The number of hydrogen-bond donors (Lipinski definition) is 1. The smallest absolute Gasteiger partial charge is 0.202 e. The molecule has 0 saturated carbocycles. The van der Waals surface area contributed by atoms with Crippen LogP contribution in [0.15, 0.2) is 36.5 Å². The molecule has 0 bridgehead atoms. The molecule has 4 rings (SSSR count). The Morgan fingerprint density at radius 2 is 1.92 bits per heavy atom. The van der Waals surface area contributed by atoms with Crippen LogP contribution in [0.2, 0.25) is 0 Å². The van der Waals surface area contributed by atoms with Crippen molar-refractivity contribution < 1.29 is 8.78 Å². The van der Waals surface area contributed by atoms with Crippen LogP contribution in [0.5, 0.6) is 0 Å². The molecular weight excluding hydrogens is 314 g/mol. The molecule has 0 fully saturated rings. The minimum absolute atomic E-state index is 0.0646. The zero-order chi connectivity index (χ0) is 16.7. The lowest BCUT2D eigenvalue weighted by molar-refractivity contribution is 0.536. The fourth-order valence-corrected chi connectivity index (χ4v) is 2.57. The van der Waals surface area contributed by atoms with Crippen LogP contribution in [-0.4, -0.2) is 29.9 Å². The second-order valence-corrected chi connectivity index (χ2v) is 5.33. The number of fused-ring (bicyclic) bond motifs is 1. The van der Waals surface area contributed by atoms with Gasteiger partial charge in [0.15, 0.2) is 5.65 Å². The van der Waals surface area contributed by atoms with E-state index in [1.807, 2.05) is 6.07 Å². The van der Waals surface area contributed by atoms with Crippen LogP contribution < -0.4 is 0 Å². The van der Waals surface area contributed by atoms with Gasteiger partial charge < -0.3 is 0 Å². The second kappa shape index (κ2) is 5.48. The summed E-state index contributed by atoms with van der Waals surface area (Å²) < 4.78 is 29.3. The van der Waals surface area contributed by atoms with Crippen molar-refractivity contribution in [3.63, 3.8) is 0 Å². The number of benzene rings is 1. The first-order valence-corrected chi connectivity index (χ1v) is 7.27.